The summed E-state index contributed by atoms with van der Waals surface area (Å²) in [7, 11) is 1.57. The zero-order chi connectivity index (χ0) is 82.5. The molecule has 14 rings (SSSR count). The molecule has 5 aliphatic rings. The third kappa shape index (κ3) is 19.3. The van der Waals surface area contributed by atoms with Crippen molar-refractivity contribution in [2.75, 3.05) is 79.2 Å². The lowest BCUT2D eigenvalue weighted by Gasteiger charge is -2.29. The second kappa shape index (κ2) is 35.4. The van der Waals surface area contributed by atoms with Gasteiger partial charge < -0.3 is 58.7 Å². The van der Waals surface area contributed by atoms with Crippen LogP contribution in [0, 0.1) is 19.7 Å². The van der Waals surface area contributed by atoms with E-state index in [0.29, 0.717) is 109 Å². The number of hydrogen-bond donors (Lipinski definition) is 4. The van der Waals surface area contributed by atoms with Crippen LogP contribution in [-0.4, -0.2) is 187 Å². The van der Waals surface area contributed by atoms with E-state index in [9.17, 15) is 33.2 Å². The highest BCUT2D eigenvalue weighted by Gasteiger charge is 2.42. The third-order valence-corrected chi connectivity index (χ3v) is 21.7. The summed E-state index contributed by atoms with van der Waals surface area (Å²) in [5, 5.41) is 4.01. The van der Waals surface area contributed by atoms with Gasteiger partial charge in [-0.1, -0.05) is 77.6 Å². The molecule has 2 fully saturated rings. The smallest absolute Gasteiger partial charge is 0.342 e. The number of carbonyl (C=O) groups is 6. The summed E-state index contributed by atoms with van der Waals surface area (Å²) < 4.78 is 42.2. The lowest BCUT2D eigenvalue weighted by atomic mass is 9.82. The van der Waals surface area contributed by atoms with E-state index >= 15 is 0 Å². The molecule has 26 heteroatoms. The molecule has 0 bridgehead atoms. The summed E-state index contributed by atoms with van der Waals surface area (Å²) in [6, 6.07) is 25.9. The average Bonchev–Trinajstić information content (AvgIpc) is 1.60. The van der Waals surface area contributed by atoms with Gasteiger partial charge in [-0.25, -0.2) is 23.9 Å². The Morgan fingerprint density at radius 2 is 0.948 bits per heavy atom. The molecule has 608 valence electrons. The second-order valence-electron chi connectivity index (χ2n) is 33.0. The molecule has 11 heterocycles. The minimum atomic E-state index is -0.595. The number of pyridine rings is 3. The molecule has 23 nitrogen and oxygen atoms in total. The minimum absolute atomic E-state index is 0.0725. The van der Waals surface area contributed by atoms with Crippen LogP contribution in [0.3, 0.4) is 0 Å². The molecular weight excluding hydrogens is 1500 g/mol. The minimum Gasteiger partial charge on any atom is -0.492 e. The zero-order valence-electron chi connectivity index (χ0n) is 68.4. The van der Waals surface area contributed by atoms with Crippen molar-refractivity contribution in [3.63, 3.8) is 0 Å². The van der Waals surface area contributed by atoms with Crippen molar-refractivity contribution in [1.29, 1.82) is 0 Å². The monoisotopic (exact) mass is 1610 g/mol. The summed E-state index contributed by atoms with van der Waals surface area (Å²) in [4.78, 5) is 115. The number of hydrogen-bond acceptors (Lipinski definition) is 16. The van der Waals surface area contributed by atoms with Crippen LogP contribution in [0.1, 0.15) is 198 Å². The molecule has 2 saturated heterocycles. The second-order valence-corrected chi connectivity index (χ2v) is 33.8. The number of carbonyl (C=O) groups excluding carboxylic acids is 6. The maximum Gasteiger partial charge on any atom is 0.342 e. The number of fused-ring (bicyclic) bond motifs is 9. The number of amides is 4. The largest absolute Gasteiger partial charge is 0.492 e. The molecule has 0 saturated carbocycles. The topological polar surface area (TPSA) is 263 Å². The molecule has 5 aliphatic heterocycles. The highest BCUT2D eigenvalue weighted by Crippen LogP contribution is 2.45. The molecule has 0 radical (unpaired) electrons. The van der Waals surface area contributed by atoms with Gasteiger partial charge in [-0.2, -0.15) is 0 Å². The third-order valence-electron chi connectivity index (χ3n) is 21.1. The van der Waals surface area contributed by atoms with Gasteiger partial charge in [-0.05, 0) is 198 Å². The van der Waals surface area contributed by atoms with Crippen LogP contribution in [0.5, 0.6) is 17.4 Å². The van der Waals surface area contributed by atoms with Crippen LogP contribution >= 0.6 is 23.2 Å². The van der Waals surface area contributed by atoms with E-state index in [1.165, 1.54) is 67.8 Å². The summed E-state index contributed by atoms with van der Waals surface area (Å²) >= 11 is 12.5. The summed E-state index contributed by atoms with van der Waals surface area (Å²) in [5.74, 6) is -0.511. The fourth-order valence-electron chi connectivity index (χ4n) is 15.7. The van der Waals surface area contributed by atoms with E-state index < -0.39 is 28.2 Å². The quantitative estimate of drug-likeness (QED) is 0.0582. The standard InChI is InChI=1S/C32H40N4O5.C31H38ClN5O3.C26H27ClFN3O3/c1-21(2)41-31(38)24-19-36(20-32(3,4)27-28(24)33-25-13-14-26(39-5)34-29(25)27)30(37)22-9-11-23(12-10-22)40-18-17-35-15-7-6-8-16-35;1-20(2)34-29(38)24-18-37(19-31(3,4)26-27(24)35-25-16-22(32)17-33-28(25)26)30(39)21-8-10-23(11-9-21)40-15-14-36-12-6-5-7-13-36;1-13(2)34-25(33)17-11-31(24(32)16-7-8-19(28)14(3)9-16)12-26(5,6)21-22(17)30-20-10-18(27)15(4)29-23(20)21/h9-14,19,21,33H,6-8,15-18,20H2,1-5H3;8-11,16-18,20,35H,5-7,12-15,19H2,1-4H3,(H,34,38);7-11,13,30H,12H2,1-6H3. The fraction of sp³-hybridized carbons (Fsp3) is 0.427. The number of methoxy groups -OCH3 is 1. The normalized spacial score (nSPS) is 16.6. The highest BCUT2D eigenvalue weighted by atomic mass is 35.5. The maximum atomic E-state index is 13.8. The summed E-state index contributed by atoms with van der Waals surface area (Å²) in [5.41, 5.74) is 10.3. The van der Waals surface area contributed by atoms with Crippen LogP contribution in [-0.2, 0) is 40.1 Å². The molecule has 3 aromatic carbocycles. The van der Waals surface area contributed by atoms with Gasteiger partial charge in [-0.3, -0.25) is 34.0 Å². The van der Waals surface area contributed by atoms with Crippen molar-refractivity contribution in [3.05, 3.63) is 193 Å². The molecule has 4 amide bonds. The Hall–Kier alpha value is -10.4. The number of aromatic nitrogens is 6. The molecule has 115 heavy (non-hydrogen) atoms. The number of halogens is 3. The van der Waals surface area contributed by atoms with Crippen molar-refractivity contribution < 1.29 is 56.8 Å². The first-order chi connectivity index (χ1) is 54.7. The number of esters is 2. The molecule has 4 N–H and O–H groups in total. The Bertz CT molecular complexity index is 5240. The number of benzene rings is 3. The van der Waals surface area contributed by atoms with Crippen LogP contribution in [0.15, 0.2) is 116 Å². The maximum absolute atomic E-state index is 13.8. The number of piperidine rings is 2. The van der Waals surface area contributed by atoms with Gasteiger partial charge in [0.25, 0.3) is 23.6 Å². The Balaban J connectivity index is 0.000000160. The van der Waals surface area contributed by atoms with E-state index in [4.69, 9.17) is 56.9 Å². The molecule has 6 aromatic heterocycles. The SMILES string of the molecule is CC(C)NC(=O)C1=CN(C(=O)c2ccc(OCCN3CCCCC3)cc2)CC(C)(C)c2c1[nH]c1cc(Cl)cnc21.COc1ccc2[nH]c3c(c2n1)C(C)(C)CN(C(=O)c1ccc(OCCN2CCCCC2)cc1)C=C3C(=O)OC(C)C.Cc1cc(C(=O)N2C=C(C(=O)OC(C)C)c3[nH]c4cc(Cl)c(C)nc4c3C(C)(C)C2)ccc1F. The number of aromatic amines is 3. The Morgan fingerprint density at radius 3 is 1.41 bits per heavy atom. The summed E-state index contributed by atoms with van der Waals surface area (Å²) in [6.07, 6.45) is 13.4. The first-order valence-corrected chi connectivity index (χ1v) is 40.4. The number of nitrogens with one attached hydrogen (secondary N) is 4. The predicted molar refractivity (Wildman–Crippen MR) is 447 cm³/mol. The van der Waals surface area contributed by atoms with Gasteiger partial charge >= 0.3 is 11.9 Å². The average molecular weight is 1610 g/mol. The van der Waals surface area contributed by atoms with Crippen LogP contribution in [0.2, 0.25) is 10.0 Å². The van der Waals surface area contributed by atoms with Gasteiger partial charge in [0.05, 0.1) is 102 Å². The molecule has 0 spiro atoms. The van der Waals surface area contributed by atoms with E-state index in [0.717, 1.165) is 84.0 Å². The number of rotatable bonds is 18. The van der Waals surface area contributed by atoms with Crippen molar-refractivity contribution in [3.8, 4) is 17.4 Å². The van der Waals surface area contributed by atoms with Gasteiger partial charge in [0.1, 0.15) is 30.5 Å². The lowest BCUT2D eigenvalue weighted by Crippen LogP contribution is -2.37. The van der Waals surface area contributed by atoms with Gasteiger partial charge in [-0.15, -0.1) is 0 Å². The van der Waals surface area contributed by atoms with Crippen molar-refractivity contribution in [2.24, 2.45) is 0 Å². The van der Waals surface area contributed by atoms with E-state index in [1.54, 1.807) is 107 Å². The Kier molecular flexibility index (Phi) is 25.8. The van der Waals surface area contributed by atoms with E-state index in [2.05, 4.69) is 48.9 Å². The van der Waals surface area contributed by atoms with Crippen molar-refractivity contribution >= 4 is 109 Å². The number of aryl methyl sites for hydroxylation is 2. The van der Waals surface area contributed by atoms with Crippen LogP contribution in [0.25, 0.3) is 49.8 Å². The Morgan fingerprint density at radius 1 is 0.522 bits per heavy atom. The van der Waals surface area contributed by atoms with Gasteiger partial charge in [0.15, 0.2) is 0 Å². The zero-order valence-corrected chi connectivity index (χ0v) is 69.9. The predicted octanol–water partition coefficient (Wildman–Crippen LogP) is 16.2. The number of ether oxygens (including phenoxy) is 5. The first kappa shape index (κ1) is 84.0. The number of nitrogens with zero attached hydrogens (tertiary/aromatic N) is 8. The first-order valence-electron chi connectivity index (χ1n) is 39.6. The van der Waals surface area contributed by atoms with Gasteiger partial charge in [0, 0.05) is 119 Å². The summed E-state index contributed by atoms with van der Waals surface area (Å²) in [6.45, 7) is 35.1. The number of H-pyrrole nitrogens is 3. The van der Waals surface area contributed by atoms with E-state index in [-0.39, 0.29) is 65.4 Å². The molecule has 0 unspecified atom stereocenters. The number of likely N-dealkylation sites (tertiary alicyclic amines) is 2. The van der Waals surface area contributed by atoms with Crippen molar-refractivity contribution in [1.82, 2.24) is 59.7 Å². The van der Waals surface area contributed by atoms with Crippen LogP contribution in [0.4, 0.5) is 4.39 Å². The molecule has 0 atom stereocenters. The fourth-order valence-corrected chi connectivity index (χ4v) is 16.0. The van der Waals surface area contributed by atoms with E-state index in [1.807, 2.05) is 84.9 Å². The highest BCUT2D eigenvalue weighted by molar-refractivity contribution is 6.32. The van der Waals surface area contributed by atoms with Crippen LogP contribution < -0.4 is 19.5 Å². The van der Waals surface area contributed by atoms with Gasteiger partial charge in [0.2, 0.25) is 5.88 Å². The van der Waals surface area contributed by atoms with Crippen molar-refractivity contribution in [2.45, 2.75) is 170 Å². The Labute approximate surface area is 681 Å². The lowest BCUT2D eigenvalue weighted by molar-refractivity contribution is -0.141. The molecule has 0 aliphatic carbocycles. The molecule has 9 aromatic rings. The molecular formula is C89H105Cl2FN12O11.